The van der Waals surface area contributed by atoms with Gasteiger partial charge in [-0.2, -0.15) is 11.8 Å². The molecule has 1 heterocycles. The lowest BCUT2D eigenvalue weighted by Gasteiger charge is -2.07. The number of aliphatic hydroxyl groups excluding tert-OH is 1. The maximum atomic E-state index is 9.69. The maximum Gasteiger partial charge on any atom is 0.0931 e. The number of rotatable bonds is 6. The van der Waals surface area contributed by atoms with Crippen LogP contribution in [0.3, 0.4) is 0 Å². The fourth-order valence-electron chi connectivity index (χ4n) is 1.16. The second kappa shape index (κ2) is 6.72. The van der Waals surface area contributed by atoms with Gasteiger partial charge in [-0.1, -0.05) is 18.5 Å². The summed E-state index contributed by atoms with van der Waals surface area (Å²) in [6, 6.07) is 3.87. The van der Waals surface area contributed by atoms with Crippen molar-refractivity contribution in [2.75, 3.05) is 11.5 Å². The van der Waals surface area contributed by atoms with Crippen LogP contribution < -0.4 is 0 Å². The summed E-state index contributed by atoms with van der Waals surface area (Å²) >= 11 is 9.23. The highest BCUT2D eigenvalue weighted by molar-refractivity contribution is 7.99. The molecule has 1 atom stereocenters. The number of hydrogen-bond acceptors (Lipinski definition) is 3. The van der Waals surface area contributed by atoms with Crippen molar-refractivity contribution in [3.8, 4) is 0 Å². The van der Waals surface area contributed by atoms with Crippen molar-refractivity contribution in [3.05, 3.63) is 21.3 Å². The van der Waals surface area contributed by atoms with E-state index in [-0.39, 0.29) is 6.10 Å². The Morgan fingerprint density at radius 2 is 2.36 bits per heavy atom. The summed E-state index contributed by atoms with van der Waals surface area (Å²) in [5, 5.41) is 9.69. The molecule has 1 nitrogen and oxygen atoms in total. The highest BCUT2D eigenvalue weighted by Crippen LogP contribution is 2.23. The van der Waals surface area contributed by atoms with Gasteiger partial charge in [-0.25, -0.2) is 0 Å². The molecule has 0 fully saturated rings. The van der Waals surface area contributed by atoms with Crippen LogP contribution in [0.5, 0.6) is 0 Å². The summed E-state index contributed by atoms with van der Waals surface area (Å²) in [6.07, 6.45) is 1.39. The molecular weight excluding hydrogens is 236 g/mol. The van der Waals surface area contributed by atoms with Gasteiger partial charge in [0.05, 0.1) is 10.4 Å². The molecule has 0 aliphatic rings. The molecule has 80 valence electrons. The normalized spacial score (nSPS) is 13.1. The van der Waals surface area contributed by atoms with E-state index in [2.05, 4.69) is 6.92 Å². The van der Waals surface area contributed by atoms with E-state index in [9.17, 15) is 5.11 Å². The summed E-state index contributed by atoms with van der Waals surface area (Å²) < 4.78 is 0.801. The molecule has 0 aromatic carbocycles. The molecule has 0 aliphatic heterocycles. The monoisotopic (exact) mass is 250 g/mol. The Balaban J connectivity index is 2.23. The third-order valence-electron chi connectivity index (χ3n) is 1.87. The van der Waals surface area contributed by atoms with E-state index in [0.29, 0.717) is 0 Å². The first-order chi connectivity index (χ1) is 6.72. The first-order valence-corrected chi connectivity index (χ1v) is 7.07. The third kappa shape index (κ3) is 4.69. The van der Waals surface area contributed by atoms with Crippen molar-refractivity contribution in [2.24, 2.45) is 0 Å². The molecule has 0 saturated carbocycles. The van der Waals surface area contributed by atoms with Crippen LogP contribution in [-0.2, 0) is 6.42 Å². The molecule has 0 bridgehead atoms. The van der Waals surface area contributed by atoms with E-state index in [0.717, 1.165) is 28.7 Å². The Labute approximate surface area is 98.5 Å². The van der Waals surface area contributed by atoms with Crippen LogP contribution >= 0.6 is 34.7 Å². The highest BCUT2D eigenvalue weighted by atomic mass is 35.5. The van der Waals surface area contributed by atoms with Crippen molar-refractivity contribution < 1.29 is 5.11 Å². The number of halogens is 1. The molecule has 1 unspecified atom stereocenters. The Kier molecular flexibility index (Phi) is 5.94. The number of thioether (sulfide) groups is 1. The Bertz CT molecular complexity index is 262. The topological polar surface area (TPSA) is 20.2 Å². The van der Waals surface area contributed by atoms with Gasteiger partial charge >= 0.3 is 0 Å². The van der Waals surface area contributed by atoms with Gasteiger partial charge in [-0.3, -0.25) is 0 Å². The van der Waals surface area contributed by atoms with Crippen LogP contribution in [0.15, 0.2) is 12.1 Å². The quantitative estimate of drug-likeness (QED) is 0.781. The molecule has 0 amide bonds. The number of thiophene rings is 1. The fraction of sp³-hybridized carbons (Fsp3) is 0.600. The average molecular weight is 251 g/mol. The van der Waals surface area contributed by atoms with E-state index < -0.39 is 0 Å². The molecule has 0 spiro atoms. The van der Waals surface area contributed by atoms with Crippen molar-refractivity contribution in [1.29, 1.82) is 0 Å². The second-order valence-corrected chi connectivity index (χ2v) is 6.24. The van der Waals surface area contributed by atoms with Crippen LogP contribution in [0.1, 0.15) is 18.2 Å². The molecule has 0 saturated heterocycles. The molecule has 14 heavy (non-hydrogen) atoms. The lowest BCUT2D eigenvalue weighted by atomic mass is 10.2. The second-order valence-electron chi connectivity index (χ2n) is 3.05. The van der Waals surface area contributed by atoms with Crippen LogP contribution in [0.25, 0.3) is 0 Å². The minimum absolute atomic E-state index is 0.219. The standard InChI is InChI=1S/C10H15ClOS2/c1-2-13-6-5-8(12)7-9-3-4-10(11)14-9/h3-4,8,12H,2,5-7H2,1H3. The smallest absolute Gasteiger partial charge is 0.0931 e. The van der Waals surface area contributed by atoms with Gasteiger partial charge in [-0.15, -0.1) is 11.3 Å². The van der Waals surface area contributed by atoms with Crippen LogP contribution in [0.4, 0.5) is 0 Å². The minimum atomic E-state index is -0.219. The van der Waals surface area contributed by atoms with Crippen molar-refractivity contribution in [2.45, 2.75) is 25.9 Å². The van der Waals surface area contributed by atoms with Crippen LogP contribution in [-0.4, -0.2) is 22.7 Å². The summed E-state index contributed by atoms with van der Waals surface area (Å²) in [4.78, 5) is 1.17. The van der Waals surface area contributed by atoms with E-state index in [1.165, 1.54) is 4.88 Å². The molecule has 0 aliphatic carbocycles. The van der Waals surface area contributed by atoms with Crippen LogP contribution in [0.2, 0.25) is 4.34 Å². The maximum absolute atomic E-state index is 9.69. The van der Waals surface area contributed by atoms with Crippen molar-refractivity contribution in [3.63, 3.8) is 0 Å². The number of hydrogen-bond donors (Lipinski definition) is 1. The number of aliphatic hydroxyl groups is 1. The van der Waals surface area contributed by atoms with Gasteiger partial charge in [0.15, 0.2) is 0 Å². The molecule has 1 rings (SSSR count). The van der Waals surface area contributed by atoms with E-state index in [1.807, 2.05) is 23.9 Å². The first-order valence-electron chi connectivity index (χ1n) is 4.72. The summed E-state index contributed by atoms with van der Waals surface area (Å²) in [7, 11) is 0. The summed E-state index contributed by atoms with van der Waals surface area (Å²) in [5.74, 6) is 2.16. The molecular formula is C10H15ClOS2. The van der Waals surface area contributed by atoms with E-state index in [4.69, 9.17) is 11.6 Å². The Hall–Kier alpha value is 0.300. The van der Waals surface area contributed by atoms with E-state index >= 15 is 0 Å². The van der Waals surface area contributed by atoms with Gasteiger partial charge in [0.25, 0.3) is 0 Å². The highest BCUT2D eigenvalue weighted by Gasteiger charge is 2.07. The van der Waals surface area contributed by atoms with Gasteiger partial charge in [0.2, 0.25) is 0 Å². The van der Waals surface area contributed by atoms with Gasteiger partial charge in [0, 0.05) is 11.3 Å². The lowest BCUT2D eigenvalue weighted by molar-refractivity contribution is 0.173. The Morgan fingerprint density at radius 1 is 1.57 bits per heavy atom. The molecule has 1 aromatic rings. The zero-order chi connectivity index (χ0) is 10.4. The van der Waals surface area contributed by atoms with Gasteiger partial charge in [0.1, 0.15) is 0 Å². The van der Waals surface area contributed by atoms with Crippen molar-refractivity contribution >= 4 is 34.7 Å². The molecule has 1 N–H and O–H groups in total. The molecule has 1 aromatic heterocycles. The predicted molar refractivity (Wildman–Crippen MR) is 66.7 cm³/mol. The van der Waals surface area contributed by atoms with Crippen molar-refractivity contribution in [1.82, 2.24) is 0 Å². The fourth-order valence-corrected chi connectivity index (χ4v) is 3.05. The van der Waals surface area contributed by atoms with E-state index in [1.54, 1.807) is 11.3 Å². The molecule has 0 radical (unpaired) electrons. The minimum Gasteiger partial charge on any atom is -0.393 e. The van der Waals surface area contributed by atoms with Gasteiger partial charge < -0.3 is 5.11 Å². The first kappa shape index (κ1) is 12.4. The van der Waals surface area contributed by atoms with Gasteiger partial charge in [-0.05, 0) is 30.1 Å². The molecule has 4 heteroatoms. The average Bonchev–Trinajstić information content (AvgIpc) is 2.52. The van der Waals surface area contributed by atoms with Crippen LogP contribution in [0, 0.1) is 0 Å². The lowest BCUT2D eigenvalue weighted by Crippen LogP contribution is -2.10. The largest absolute Gasteiger partial charge is 0.393 e. The SMILES string of the molecule is CCSCCC(O)Cc1ccc(Cl)s1. The summed E-state index contributed by atoms with van der Waals surface area (Å²) in [5.41, 5.74) is 0. The Morgan fingerprint density at radius 3 is 2.93 bits per heavy atom. The zero-order valence-electron chi connectivity index (χ0n) is 8.20. The third-order valence-corrected chi connectivity index (χ3v) is 4.05. The summed E-state index contributed by atoms with van der Waals surface area (Å²) in [6.45, 7) is 2.14. The zero-order valence-corrected chi connectivity index (χ0v) is 10.6. The predicted octanol–water partition coefficient (Wildman–Crippen LogP) is 3.45.